The van der Waals surface area contributed by atoms with Crippen LogP contribution in [0.4, 0.5) is 0 Å². The van der Waals surface area contributed by atoms with Crippen LogP contribution in [-0.4, -0.2) is 11.9 Å². The summed E-state index contributed by atoms with van der Waals surface area (Å²) in [4.78, 5) is 12.7. The molecular formula is C22H28N2O. The topological polar surface area (TPSA) is 55.1 Å². The van der Waals surface area contributed by atoms with E-state index in [2.05, 4.69) is 56.4 Å². The molecule has 3 N–H and O–H groups in total. The molecule has 0 unspecified atom stereocenters. The van der Waals surface area contributed by atoms with E-state index in [-0.39, 0.29) is 11.9 Å². The van der Waals surface area contributed by atoms with E-state index < -0.39 is 6.04 Å². The predicted octanol–water partition coefficient (Wildman–Crippen LogP) is 3.68. The SMILES string of the molecule is Cc1cc(C)c(C[C@H](N)C(=O)N[C@@H]2CCCc3ccccc32)c(C)c1. The van der Waals surface area contributed by atoms with Crippen molar-refractivity contribution in [2.75, 3.05) is 0 Å². The van der Waals surface area contributed by atoms with Gasteiger partial charge in [-0.15, -0.1) is 0 Å². The molecule has 2 atom stereocenters. The molecule has 0 radical (unpaired) electrons. The fourth-order valence-corrected chi connectivity index (χ4v) is 4.03. The molecule has 2 aromatic rings. The summed E-state index contributed by atoms with van der Waals surface area (Å²) in [5, 5.41) is 3.18. The summed E-state index contributed by atoms with van der Waals surface area (Å²) in [6.45, 7) is 6.28. The Balaban J connectivity index is 1.70. The van der Waals surface area contributed by atoms with Gasteiger partial charge in [0.2, 0.25) is 5.91 Å². The minimum absolute atomic E-state index is 0.0546. The van der Waals surface area contributed by atoms with Gasteiger partial charge in [0, 0.05) is 0 Å². The molecule has 0 spiro atoms. The van der Waals surface area contributed by atoms with Gasteiger partial charge >= 0.3 is 0 Å². The van der Waals surface area contributed by atoms with E-state index in [1.807, 2.05) is 6.07 Å². The Bertz CT molecular complexity index is 758. The Labute approximate surface area is 150 Å². The molecule has 0 saturated carbocycles. The number of hydrogen-bond acceptors (Lipinski definition) is 2. The molecule has 0 bridgehead atoms. The highest BCUT2D eigenvalue weighted by molar-refractivity contribution is 5.82. The molecule has 132 valence electrons. The van der Waals surface area contributed by atoms with E-state index in [1.165, 1.54) is 33.4 Å². The molecule has 2 aromatic carbocycles. The normalized spacial score (nSPS) is 17.7. The second-order valence-electron chi connectivity index (χ2n) is 7.34. The van der Waals surface area contributed by atoms with Crippen LogP contribution >= 0.6 is 0 Å². The number of carbonyl (C=O) groups is 1. The fraction of sp³-hybridized carbons (Fsp3) is 0.409. The molecule has 1 amide bonds. The average Bonchev–Trinajstić information content (AvgIpc) is 2.58. The summed E-state index contributed by atoms with van der Waals surface area (Å²) in [5.41, 5.74) is 13.7. The number of rotatable bonds is 4. The second kappa shape index (κ2) is 7.40. The number of nitrogens with one attached hydrogen (secondary N) is 1. The van der Waals surface area contributed by atoms with Crippen molar-refractivity contribution < 1.29 is 4.79 Å². The molecule has 0 aromatic heterocycles. The summed E-state index contributed by atoms with van der Waals surface area (Å²) < 4.78 is 0. The van der Waals surface area contributed by atoms with E-state index in [0.29, 0.717) is 6.42 Å². The minimum Gasteiger partial charge on any atom is -0.348 e. The van der Waals surface area contributed by atoms with Crippen LogP contribution in [0, 0.1) is 20.8 Å². The Hall–Kier alpha value is -2.13. The molecule has 3 nitrogen and oxygen atoms in total. The van der Waals surface area contributed by atoms with Gasteiger partial charge in [-0.3, -0.25) is 4.79 Å². The van der Waals surface area contributed by atoms with Gasteiger partial charge in [-0.05, 0) is 74.3 Å². The first-order chi connectivity index (χ1) is 12.0. The second-order valence-corrected chi connectivity index (χ2v) is 7.34. The highest BCUT2D eigenvalue weighted by Crippen LogP contribution is 2.29. The summed E-state index contributed by atoms with van der Waals surface area (Å²) >= 11 is 0. The minimum atomic E-state index is -0.519. The van der Waals surface area contributed by atoms with Crippen LogP contribution in [0.2, 0.25) is 0 Å². The van der Waals surface area contributed by atoms with Gasteiger partial charge in [0.05, 0.1) is 12.1 Å². The molecular weight excluding hydrogens is 308 g/mol. The smallest absolute Gasteiger partial charge is 0.237 e. The maximum absolute atomic E-state index is 12.7. The van der Waals surface area contributed by atoms with Crippen LogP contribution in [0.1, 0.15) is 52.3 Å². The monoisotopic (exact) mass is 336 g/mol. The van der Waals surface area contributed by atoms with Crippen molar-refractivity contribution in [1.29, 1.82) is 0 Å². The van der Waals surface area contributed by atoms with Gasteiger partial charge in [-0.1, -0.05) is 42.0 Å². The van der Waals surface area contributed by atoms with Crippen molar-refractivity contribution in [3.63, 3.8) is 0 Å². The lowest BCUT2D eigenvalue weighted by Gasteiger charge is -2.27. The van der Waals surface area contributed by atoms with Crippen molar-refractivity contribution in [2.45, 2.75) is 58.5 Å². The number of benzene rings is 2. The Morgan fingerprint density at radius 3 is 2.60 bits per heavy atom. The van der Waals surface area contributed by atoms with Gasteiger partial charge in [0.1, 0.15) is 0 Å². The van der Waals surface area contributed by atoms with Crippen molar-refractivity contribution in [1.82, 2.24) is 5.32 Å². The zero-order chi connectivity index (χ0) is 18.0. The van der Waals surface area contributed by atoms with Crippen LogP contribution in [-0.2, 0) is 17.6 Å². The Kier molecular flexibility index (Phi) is 5.24. The summed E-state index contributed by atoms with van der Waals surface area (Å²) in [5.74, 6) is -0.0546. The van der Waals surface area contributed by atoms with Crippen molar-refractivity contribution >= 4 is 5.91 Å². The lowest BCUT2D eigenvalue weighted by molar-refractivity contribution is -0.123. The van der Waals surface area contributed by atoms with E-state index in [0.717, 1.165) is 19.3 Å². The third-order valence-electron chi connectivity index (χ3n) is 5.29. The van der Waals surface area contributed by atoms with Crippen LogP contribution in [0.3, 0.4) is 0 Å². The lowest BCUT2D eigenvalue weighted by atomic mass is 9.87. The maximum Gasteiger partial charge on any atom is 0.237 e. The highest BCUT2D eigenvalue weighted by Gasteiger charge is 2.24. The molecule has 3 rings (SSSR count). The zero-order valence-electron chi connectivity index (χ0n) is 15.4. The van der Waals surface area contributed by atoms with E-state index in [9.17, 15) is 4.79 Å². The van der Waals surface area contributed by atoms with Crippen LogP contribution < -0.4 is 11.1 Å². The van der Waals surface area contributed by atoms with Gasteiger partial charge in [0.25, 0.3) is 0 Å². The molecule has 3 heteroatoms. The van der Waals surface area contributed by atoms with E-state index in [1.54, 1.807) is 0 Å². The molecule has 0 heterocycles. The standard InChI is InChI=1S/C22H28N2O/c1-14-11-15(2)19(16(3)12-14)13-20(23)22(25)24-21-10-6-8-17-7-4-5-9-18(17)21/h4-5,7,9,11-12,20-21H,6,8,10,13,23H2,1-3H3,(H,24,25)/t20-,21+/m0/s1. The third-order valence-corrected chi connectivity index (χ3v) is 5.29. The Morgan fingerprint density at radius 1 is 1.20 bits per heavy atom. The number of nitrogens with two attached hydrogens (primary N) is 1. The lowest BCUT2D eigenvalue weighted by Crippen LogP contribution is -2.44. The first-order valence-electron chi connectivity index (χ1n) is 9.16. The number of aryl methyl sites for hydroxylation is 4. The largest absolute Gasteiger partial charge is 0.348 e. The van der Waals surface area contributed by atoms with Crippen LogP contribution in [0.5, 0.6) is 0 Å². The summed E-state index contributed by atoms with van der Waals surface area (Å²) in [6, 6.07) is 12.3. The van der Waals surface area contributed by atoms with Crippen molar-refractivity contribution in [3.05, 3.63) is 69.8 Å². The molecule has 1 aliphatic carbocycles. The van der Waals surface area contributed by atoms with Crippen LogP contribution in [0.25, 0.3) is 0 Å². The number of carbonyl (C=O) groups excluding carboxylic acids is 1. The van der Waals surface area contributed by atoms with Crippen molar-refractivity contribution in [2.24, 2.45) is 5.73 Å². The number of hydrogen-bond donors (Lipinski definition) is 2. The van der Waals surface area contributed by atoms with Gasteiger partial charge in [0.15, 0.2) is 0 Å². The van der Waals surface area contributed by atoms with Gasteiger partial charge in [-0.2, -0.15) is 0 Å². The van der Waals surface area contributed by atoms with Gasteiger partial charge < -0.3 is 11.1 Å². The quantitative estimate of drug-likeness (QED) is 0.895. The summed E-state index contributed by atoms with van der Waals surface area (Å²) in [7, 11) is 0. The van der Waals surface area contributed by atoms with E-state index >= 15 is 0 Å². The molecule has 1 aliphatic rings. The zero-order valence-corrected chi connectivity index (χ0v) is 15.4. The first kappa shape index (κ1) is 17.7. The molecule has 25 heavy (non-hydrogen) atoms. The Morgan fingerprint density at radius 2 is 1.88 bits per heavy atom. The number of amides is 1. The van der Waals surface area contributed by atoms with E-state index in [4.69, 9.17) is 5.73 Å². The van der Waals surface area contributed by atoms with Crippen LogP contribution in [0.15, 0.2) is 36.4 Å². The fourth-order valence-electron chi connectivity index (χ4n) is 4.03. The highest BCUT2D eigenvalue weighted by atomic mass is 16.2. The molecule has 0 fully saturated rings. The van der Waals surface area contributed by atoms with Crippen molar-refractivity contribution in [3.8, 4) is 0 Å². The summed E-state index contributed by atoms with van der Waals surface area (Å²) in [6.07, 6.45) is 3.76. The first-order valence-corrected chi connectivity index (χ1v) is 9.16. The molecule has 0 saturated heterocycles. The third kappa shape index (κ3) is 3.93. The molecule has 0 aliphatic heterocycles. The average molecular weight is 336 g/mol. The number of fused-ring (bicyclic) bond motifs is 1. The van der Waals surface area contributed by atoms with Gasteiger partial charge in [-0.25, -0.2) is 0 Å². The predicted molar refractivity (Wildman–Crippen MR) is 103 cm³/mol. The maximum atomic E-state index is 12.7.